The highest BCUT2D eigenvalue weighted by atomic mass is 35.5. The predicted molar refractivity (Wildman–Crippen MR) is 135 cm³/mol. The highest BCUT2D eigenvalue weighted by Crippen LogP contribution is 2.39. The van der Waals surface area contributed by atoms with Crippen LogP contribution < -0.4 is 14.4 Å². The first-order valence-electron chi connectivity index (χ1n) is 10.6. The zero-order valence-electron chi connectivity index (χ0n) is 18.7. The Labute approximate surface area is 211 Å². The summed E-state index contributed by atoms with van der Waals surface area (Å²) in [5, 5.41) is 12.3. The van der Waals surface area contributed by atoms with E-state index in [1.165, 1.54) is 34.4 Å². The second-order valence-electron chi connectivity index (χ2n) is 7.36. The maximum absolute atomic E-state index is 13.6. The molecule has 1 aromatic heterocycles. The fourth-order valence-electron chi connectivity index (χ4n) is 3.62. The van der Waals surface area contributed by atoms with Crippen molar-refractivity contribution >= 4 is 62.3 Å². The molecule has 0 atom stereocenters. The highest BCUT2D eigenvalue weighted by Gasteiger charge is 2.29. The van der Waals surface area contributed by atoms with Crippen LogP contribution >= 0.6 is 35.3 Å². The number of amides is 1. The summed E-state index contributed by atoms with van der Waals surface area (Å²) < 4.78 is 12.1. The van der Waals surface area contributed by atoms with Crippen molar-refractivity contribution in [2.45, 2.75) is 13.8 Å². The van der Waals surface area contributed by atoms with Gasteiger partial charge in [0.2, 0.25) is 0 Å². The predicted octanol–water partition coefficient (Wildman–Crippen LogP) is 5.04. The number of nitro groups is 1. The van der Waals surface area contributed by atoms with E-state index in [9.17, 15) is 14.9 Å². The average Bonchev–Trinajstić information content (AvgIpc) is 3.22. The van der Waals surface area contributed by atoms with Gasteiger partial charge in [0.15, 0.2) is 16.6 Å². The van der Waals surface area contributed by atoms with Crippen LogP contribution in [0.4, 0.5) is 10.8 Å². The van der Waals surface area contributed by atoms with Crippen molar-refractivity contribution in [2.24, 2.45) is 0 Å². The van der Waals surface area contributed by atoms with Gasteiger partial charge in [0.1, 0.15) is 18.8 Å². The lowest BCUT2D eigenvalue weighted by Gasteiger charge is -2.24. The number of nitro benzene ring substituents is 1. The van der Waals surface area contributed by atoms with Gasteiger partial charge in [-0.3, -0.25) is 19.8 Å². The Hall–Kier alpha value is -2.66. The fraction of sp³-hybridized carbons (Fsp3) is 0.364. The number of carbonyl (C=O) groups excluding carboxylic acids is 1. The van der Waals surface area contributed by atoms with Crippen LogP contribution in [0.25, 0.3) is 10.2 Å². The molecule has 34 heavy (non-hydrogen) atoms. The van der Waals surface area contributed by atoms with E-state index in [2.05, 4.69) is 9.88 Å². The third-order valence-corrected chi connectivity index (χ3v) is 6.71. The first-order chi connectivity index (χ1) is 15.9. The number of ether oxygens (including phenoxy) is 2. The van der Waals surface area contributed by atoms with Crippen LogP contribution in [0.2, 0.25) is 5.02 Å². The van der Waals surface area contributed by atoms with Gasteiger partial charge in [-0.05, 0) is 25.2 Å². The molecule has 182 valence electrons. The lowest BCUT2D eigenvalue weighted by atomic mass is 10.1. The Bertz CT molecular complexity index is 1160. The van der Waals surface area contributed by atoms with Crippen molar-refractivity contribution in [3.8, 4) is 11.5 Å². The number of aromatic nitrogens is 1. The second-order valence-corrected chi connectivity index (χ2v) is 8.81. The van der Waals surface area contributed by atoms with Gasteiger partial charge in [-0.1, -0.05) is 36.8 Å². The summed E-state index contributed by atoms with van der Waals surface area (Å²) in [6.07, 6.45) is 0. The monoisotopic (exact) mass is 526 g/mol. The smallest absolute Gasteiger partial charge is 0.282 e. The zero-order valence-corrected chi connectivity index (χ0v) is 21.0. The fourth-order valence-corrected chi connectivity index (χ4v) is 4.79. The van der Waals surface area contributed by atoms with Crippen molar-refractivity contribution in [3.63, 3.8) is 0 Å². The molecule has 1 aliphatic rings. The van der Waals surface area contributed by atoms with Gasteiger partial charge in [0.25, 0.3) is 11.6 Å². The van der Waals surface area contributed by atoms with Crippen molar-refractivity contribution in [1.82, 2.24) is 9.88 Å². The van der Waals surface area contributed by atoms with E-state index in [0.29, 0.717) is 48.5 Å². The minimum absolute atomic E-state index is 0. The molecule has 1 aliphatic heterocycles. The first kappa shape index (κ1) is 26.0. The van der Waals surface area contributed by atoms with Crippen LogP contribution in [0.5, 0.6) is 11.5 Å². The standard InChI is InChI=1S/C22H23ClN4O5S.ClH/c1-3-25(4-2)7-8-26(21(28)15-11-14(23)5-6-17(15)27(29)30)22-24-16-12-18-19(13-20(16)33-22)32-10-9-31-18;/h5-6,11-13H,3-4,7-10H2,1-2H3;1H. The van der Waals surface area contributed by atoms with E-state index in [0.717, 1.165) is 17.8 Å². The van der Waals surface area contributed by atoms with Gasteiger partial charge in [-0.15, -0.1) is 12.4 Å². The normalized spacial score (nSPS) is 12.5. The second kappa shape index (κ2) is 11.2. The Morgan fingerprint density at radius 2 is 1.82 bits per heavy atom. The summed E-state index contributed by atoms with van der Waals surface area (Å²) in [6, 6.07) is 7.62. The molecule has 0 saturated carbocycles. The maximum atomic E-state index is 13.6. The molecule has 4 rings (SSSR count). The van der Waals surface area contributed by atoms with Gasteiger partial charge in [-0.25, -0.2) is 4.98 Å². The number of halogens is 2. The minimum Gasteiger partial charge on any atom is -0.486 e. The quantitative estimate of drug-likeness (QED) is 0.299. The molecule has 12 heteroatoms. The number of hydrogen-bond acceptors (Lipinski definition) is 8. The van der Waals surface area contributed by atoms with E-state index in [-0.39, 0.29) is 28.7 Å². The molecule has 0 N–H and O–H groups in total. The van der Waals surface area contributed by atoms with Crippen molar-refractivity contribution in [2.75, 3.05) is 44.3 Å². The zero-order chi connectivity index (χ0) is 23.5. The molecule has 0 saturated heterocycles. The van der Waals surface area contributed by atoms with E-state index in [4.69, 9.17) is 21.1 Å². The van der Waals surface area contributed by atoms with E-state index < -0.39 is 10.8 Å². The van der Waals surface area contributed by atoms with E-state index >= 15 is 0 Å². The molecule has 0 radical (unpaired) electrons. The van der Waals surface area contributed by atoms with Crippen molar-refractivity contribution < 1.29 is 19.2 Å². The lowest BCUT2D eigenvalue weighted by Crippen LogP contribution is -2.39. The number of thiazole rings is 1. The topological polar surface area (TPSA) is 98.0 Å². The molecule has 0 bridgehead atoms. The molecule has 1 amide bonds. The molecule has 0 spiro atoms. The van der Waals surface area contributed by atoms with Gasteiger partial charge in [0, 0.05) is 36.3 Å². The Kier molecular flexibility index (Phi) is 8.53. The molecule has 0 aliphatic carbocycles. The number of fused-ring (bicyclic) bond motifs is 2. The van der Waals surface area contributed by atoms with Crippen molar-refractivity contribution in [3.05, 3.63) is 51.0 Å². The van der Waals surface area contributed by atoms with Crippen LogP contribution in [-0.2, 0) is 0 Å². The Morgan fingerprint density at radius 1 is 1.15 bits per heavy atom. The highest BCUT2D eigenvalue weighted by molar-refractivity contribution is 7.22. The minimum atomic E-state index is -0.576. The number of hydrogen-bond donors (Lipinski definition) is 0. The first-order valence-corrected chi connectivity index (χ1v) is 11.8. The van der Waals surface area contributed by atoms with Crippen LogP contribution in [0, 0.1) is 10.1 Å². The number of carbonyl (C=O) groups is 1. The number of likely N-dealkylation sites (N-methyl/N-ethyl adjacent to an activating group) is 1. The molecule has 3 aromatic rings. The molecule has 9 nitrogen and oxygen atoms in total. The number of nitrogens with zero attached hydrogens (tertiary/aromatic N) is 4. The van der Waals surface area contributed by atoms with Crippen LogP contribution in [0.1, 0.15) is 24.2 Å². The Morgan fingerprint density at radius 3 is 2.47 bits per heavy atom. The molecule has 0 unspecified atom stereocenters. The van der Waals surface area contributed by atoms with Gasteiger partial charge in [-0.2, -0.15) is 0 Å². The number of rotatable bonds is 8. The van der Waals surface area contributed by atoms with Gasteiger partial charge < -0.3 is 14.4 Å². The number of benzene rings is 2. The largest absolute Gasteiger partial charge is 0.486 e. The van der Waals surface area contributed by atoms with Crippen LogP contribution in [0.15, 0.2) is 30.3 Å². The average molecular weight is 527 g/mol. The summed E-state index contributed by atoms with van der Waals surface area (Å²) in [4.78, 5) is 32.9. The van der Waals surface area contributed by atoms with Gasteiger partial charge >= 0.3 is 0 Å². The van der Waals surface area contributed by atoms with E-state index in [1.54, 1.807) is 6.07 Å². The molecular weight excluding hydrogens is 503 g/mol. The Balaban J connectivity index is 0.00000324. The molecule has 2 aromatic carbocycles. The molecular formula is C22H24Cl2N4O5S. The summed E-state index contributed by atoms with van der Waals surface area (Å²) in [6.45, 7) is 7.55. The van der Waals surface area contributed by atoms with Crippen molar-refractivity contribution in [1.29, 1.82) is 0 Å². The third kappa shape index (κ3) is 5.35. The maximum Gasteiger partial charge on any atom is 0.282 e. The summed E-state index contributed by atoms with van der Waals surface area (Å²) >= 11 is 7.41. The number of anilines is 1. The lowest BCUT2D eigenvalue weighted by molar-refractivity contribution is -0.385. The van der Waals surface area contributed by atoms with Crippen LogP contribution in [0.3, 0.4) is 0 Å². The van der Waals surface area contributed by atoms with Gasteiger partial charge in [0.05, 0.1) is 15.1 Å². The molecule has 0 fully saturated rings. The SMILES string of the molecule is CCN(CC)CCN(C(=O)c1cc(Cl)ccc1[N+](=O)[O-])c1nc2cc3c(cc2s1)OCCO3.Cl. The van der Waals surface area contributed by atoms with E-state index in [1.807, 2.05) is 19.9 Å². The summed E-state index contributed by atoms with van der Waals surface area (Å²) in [7, 11) is 0. The third-order valence-electron chi connectivity index (χ3n) is 5.44. The van der Waals surface area contributed by atoms with Crippen LogP contribution in [-0.4, -0.2) is 60.1 Å². The summed E-state index contributed by atoms with van der Waals surface area (Å²) in [5.74, 6) is 0.722. The summed E-state index contributed by atoms with van der Waals surface area (Å²) in [5.41, 5.74) is 0.299. The molecule has 2 heterocycles.